The highest BCUT2D eigenvalue weighted by Crippen LogP contribution is 2.52. The predicted octanol–water partition coefficient (Wildman–Crippen LogP) is 26.8. The van der Waals surface area contributed by atoms with Gasteiger partial charge in [0, 0.05) is 92.4 Å². The molecular weight excluding hydrogens is 1350 g/mol. The Labute approximate surface area is 645 Å². The van der Waals surface area contributed by atoms with Gasteiger partial charge in [0.15, 0.2) is 22.3 Å². The third-order valence-electron chi connectivity index (χ3n) is 23.1. The van der Waals surface area contributed by atoms with Crippen molar-refractivity contribution >= 4 is 145 Å². The van der Waals surface area contributed by atoms with Crippen LogP contribution in [0.3, 0.4) is 0 Å². The zero-order valence-corrected chi connectivity index (χ0v) is 65.7. The molecule has 16 aromatic rings. The van der Waals surface area contributed by atoms with Crippen LogP contribution in [0.15, 0.2) is 285 Å². The van der Waals surface area contributed by atoms with Gasteiger partial charge in [0.05, 0.1) is 45.5 Å². The van der Waals surface area contributed by atoms with Crippen LogP contribution in [0.25, 0.3) is 87.8 Å². The molecule has 4 atom stereocenters. The summed E-state index contributed by atoms with van der Waals surface area (Å²) in [5.41, 5.74) is 27.5. The van der Waals surface area contributed by atoms with Crippen LogP contribution < -0.4 is 39.2 Å². The van der Waals surface area contributed by atoms with Gasteiger partial charge in [-0.15, -0.1) is 0 Å². The average molecular weight is 1450 g/mol. The van der Waals surface area contributed by atoms with Crippen LogP contribution in [-0.2, 0) is 0 Å². The monoisotopic (exact) mass is 1450 g/mol. The summed E-state index contributed by atoms with van der Waals surface area (Å²) < 4.78 is 25.4. The summed E-state index contributed by atoms with van der Waals surface area (Å²) in [6.07, 6.45) is 9.50. The van der Waals surface area contributed by atoms with Crippen molar-refractivity contribution in [2.24, 2.45) is 0 Å². The zero-order chi connectivity index (χ0) is 76.1. The molecule has 8 heterocycles. The first kappa shape index (κ1) is 70.7. The highest BCUT2D eigenvalue weighted by molar-refractivity contribution is 6.14. The highest BCUT2D eigenvalue weighted by Gasteiger charge is 2.39. The number of hydrogen-bond acceptors (Lipinski definition) is 12. The SMILES string of the molecule is Cc1ccc2c(oc3ccccc32)c1N1C=CN(c2c(C(C)C)cccc2C(C)C)C1C.Cc1ccc2c(oc3ccccc32)c1N1C=CN(c2ccccc2)C1C.Cc1ccc2c(oc3ccccc32)c1N1c2ccccc2N(C(C)C)C1C.Cc1ccc2c(oc3ccccc32)c1N1c2ccccc2N(C)C1C. The molecule has 12 heteroatoms. The molecular formula is C98H96N8O4. The maximum Gasteiger partial charge on any atom is 0.159 e. The van der Waals surface area contributed by atoms with Crippen molar-refractivity contribution in [3.05, 3.63) is 301 Å². The van der Waals surface area contributed by atoms with Crippen LogP contribution in [-0.4, -0.2) is 37.8 Å². The molecule has 12 nitrogen and oxygen atoms in total. The highest BCUT2D eigenvalue weighted by atomic mass is 16.3. The topological polar surface area (TPSA) is 78.5 Å². The van der Waals surface area contributed by atoms with Crippen molar-refractivity contribution in [3.63, 3.8) is 0 Å². The van der Waals surface area contributed by atoms with E-state index in [9.17, 15) is 0 Å². The van der Waals surface area contributed by atoms with Gasteiger partial charge < -0.3 is 56.9 Å². The van der Waals surface area contributed by atoms with E-state index in [2.05, 4.69) is 368 Å². The number of fused-ring (bicyclic) bond motifs is 14. The third kappa shape index (κ3) is 11.8. The van der Waals surface area contributed by atoms with Crippen molar-refractivity contribution in [1.82, 2.24) is 0 Å². The Kier molecular flexibility index (Phi) is 18.2. The fraction of sp³-hybridized carbons (Fsp3) is 0.224. The lowest BCUT2D eigenvalue weighted by molar-refractivity contribution is 0.603. The first-order chi connectivity index (χ1) is 53.4. The number of aryl methyl sites for hydroxylation is 4. The van der Waals surface area contributed by atoms with Crippen LogP contribution in [0.2, 0.25) is 0 Å². The Hall–Kier alpha value is -12.3. The molecule has 12 aromatic carbocycles. The van der Waals surface area contributed by atoms with Crippen molar-refractivity contribution in [3.8, 4) is 0 Å². The fourth-order valence-electron chi connectivity index (χ4n) is 17.6. The van der Waals surface area contributed by atoms with Gasteiger partial charge in [-0.3, -0.25) is 0 Å². The molecule has 4 aliphatic heterocycles. The van der Waals surface area contributed by atoms with Crippen LogP contribution in [0, 0.1) is 27.7 Å². The summed E-state index contributed by atoms with van der Waals surface area (Å²) in [5.74, 6) is 0.915. The number of nitrogens with zero attached hydrogens (tertiary/aromatic N) is 8. The maximum atomic E-state index is 6.40. The second-order valence-electron chi connectivity index (χ2n) is 30.8. The summed E-state index contributed by atoms with van der Waals surface area (Å²) in [6, 6.07) is 85.6. The van der Waals surface area contributed by atoms with Gasteiger partial charge in [-0.2, -0.15) is 0 Å². The molecule has 110 heavy (non-hydrogen) atoms. The Balaban J connectivity index is 0.000000107. The Morgan fingerprint density at radius 1 is 0.273 bits per heavy atom. The van der Waals surface area contributed by atoms with E-state index in [1.165, 1.54) is 116 Å². The number of anilines is 10. The zero-order valence-electron chi connectivity index (χ0n) is 65.7. The van der Waals surface area contributed by atoms with Crippen molar-refractivity contribution in [1.29, 1.82) is 0 Å². The van der Waals surface area contributed by atoms with E-state index >= 15 is 0 Å². The second kappa shape index (κ2) is 28.4. The van der Waals surface area contributed by atoms with Crippen LogP contribution in [0.1, 0.15) is 114 Å². The summed E-state index contributed by atoms with van der Waals surface area (Å²) in [4.78, 5) is 19.0. The quantitative estimate of drug-likeness (QED) is 0.138. The van der Waals surface area contributed by atoms with Gasteiger partial charge in [-0.05, 0) is 175 Å². The Morgan fingerprint density at radius 3 is 1.00 bits per heavy atom. The third-order valence-corrected chi connectivity index (χ3v) is 23.1. The maximum absolute atomic E-state index is 6.40. The molecule has 0 N–H and O–H groups in total. The number of rotatable bonds is 9. The van der Waals surface area contributed by atoms with Crippen molar-refractivity contribution < 1.29 is 17.7 Å². The molecule has 4 aliphatic rings. The lowest BCUT2D eigenvalue weighted by atomic mass is 9.92. The minimum Gasteiger partial charge on any atom is -0.454 e. The molecule has 0 radical (unpaired) electrons. The Bertz CT molecular complexity index is 6210. The molecule has 4 unspecified atom stereocenters. The van der Waals surface area contributed by atoms with Gasteiger partial charge >= 0.3 is 0 Å². The lowest BCUT2D eigenvalue weighted by Gasteiger charge is -2.34. The van der Waals surface area contributed by atoms with Crippen molar-refractivity contribution in [2.45, 2.75) is 139 Å². The molecule has 552 valence electrons. The standard InChI is InChI=1S/C29H32N2O.C24H24N2O.C23H20N2O.C22H20N2O/c1-18(2)22-11-9-12-23(19(3)4)28(22)31-17-16-30(21(31)6)27-20(5)14-15-25-24-10-7-8-13-26(24)32-29(25)27;1-15(2)25-17(4)26(21-11-7-6-10-20(21)25)23-16(3)13-14-19-18-9-5-8-12-22(18)27-24(19)23;1-16-12-13-20-19-10-6-7-11-21(19)26-23(20)22(16)25-15-14-24(17(25)2)18-8-4-3-5-9-18;1-14-12-13-17-16-8-4-7-11-20(16)25-22(17)21(14)24-15(2)23(3)18-9-5-6-10-19(18)24/h7-19,21H,1-6H3;5-15,17H,1-4H3;3-15,17H,1-2H3;4-13,15H,1-3H3. The van der Waals surface area contributed by atoms with Gasteiger partial charge in [0.2, 0.25) is 0 Å². The van der Waals surface area contributed by atoms with E-state index in [4.69, 9.17) is 17.7 Å². The number of para-hydroxylation sites is 10. The van der Waals surface area contributed by atoms with E-state index in [0.717, 1.165) is 61.7 Å². The van der Waals surface area contributed by atoms with E-state index in [0.29, 0.717) is 17.9 Å². The summed E-state index contributed by atoms with van der Waals surface area (Å²) in [5, 5.41) is 9.38. The minimum absolute atomic E-state index is 0.143. The van der Waals surface area contributed by atoms with E-state index in [1.807, 2.05) is 42.5 Å². The van der Waals surface area contributed by atoms with E-state index < -0.39 is 0 Å². The van der Waals surface area contributed by atoms with Crippen LogP contribution in [0.4, 0.5) is 56.9 Å². The molecule has 0 aliphatic carbocycles. The molecule has 20 rings (SSSR count). The summed E-state index contributed by atoms with van der Waals surface area (Å²) in [7, 11) is 2.15. The van der Waals surface area contributed by atoms with Crippen LogP contribution in [0.5, 0.6) is 0 Å². The fourth-order valence-corrected chi connectivity index (χ4v) is 17.6. The normalized spacial score (nSPS) is 16.7. The van der Waals surface area contributed by atoms with E-state index in [1.54, 1.807) is 0 Å². The number of hydrogen-bond donors (Lipinski definition) is 0. The molecule has 0 fully saturated rings. The molecule has 0 amide bonds. The largest absolute Gasteiger partial charge is 0.454 e. The van der Waals surface area contributed by atoms with Gasteiger partial charge in [0.1, 0.15) is 47.0 Å². The molecule has 0 bridgehead atoms. The molecule has 0 spiro atoms. The van der Waals surface area contributed by atoms with Gasteiger partial charge in [-0.1, -0.05) is 210 Å². The molecule has 4 aromatic heterocycles. The molecule has 0 saturated heterocycles. The lowest BCUT2D eigenvalue weighted by Crippen LogP contribution is -2.42. The smallest absolute Gasteiger partial charge is 0.159 e. The summed E-state index contributed by atoms with van der Waals surface area (Å²) in [6.45, 7) is 31.3. The summed E-state index contributed by atoms with van der Waals surface area (Å²) >= 11 is 0. The van der Waals surface area contributed by atoms with E-state index in [-0.39, 0.29) is 24.7 Å². The predicted molar refractivity (Wildman–Crippen MR) is 464 cm³/mol. The average Bonchev–Trinajstić information content (AvgIpc) is 1.58. The number of furan rings is 4. The first-order valence-corrected chi connectivity index (χ1v) is 39.0. The first-order valence-electron chi connectivity index (χ1n) is 39.0. The van der Waals surface area contributed by atoms with Gasteiger partial charge in [-0.25, -0.2) is 0 Å². The second-order valence-corrected chi connectivity index (χ2v) is 30.8. The van der Waals surface area contributed by atoms with Gasteiger partial charge in [0.25, 0.3) is 0 Å². The number of benzene rings is 12. The van der Waals surface area contributed by atoms with Crippen LogP contribution >= 0.6 is 0 Å². The molecule has 0 saturated carbocycles. The van der Waals surface area contributed by atoms with Crippen molar-refractivity contribution in [2.75, 3.05) is 46.2 Å². The minimum atomic E-state index is 0.143. The Morgan fingerprint density at radius 2 is 0.591 bits per heavy atom.